The number of fused-ring (bicyclic) bond motifs is 8. The summed E-state index contributed by atoms with van der Waals surface area (Å²) in [6.07, 6.45) is 0. The lowest BCUT2D eigenvalue weighted by Gasteiger charge is -2.45. The molecule has 11 aromatic rings. The highest BCUT2D eigenvalue weighted by Crippen LogP contribution is 2.66. The topological polar surface area (TPSA) is 19.6 Å². The van der Waals surface area contributed by atoms with Gasteiger partial charge < -0.3 is 14.2 Å². The van der Waals surface area contributed by atoms with Gasteiger partial charge in [-0.25, -0.2) is 0 Å². The van der Waals surface area contributed by atoms with E-state index in [0.29, 0.717) is 0 Å². The van der Waals surface area contributed by atoms with Crippen molar-refractivity contribution in [2.24, 2.45) is 0 Å². The van der Waals surface area contributed by atoms with Gasteiger partial charge in [-0.1, -0.05) is 176 Å². The quantitative estimate of drug-likeness (QED) is 0.160. The molecule has 0 N–H and O–H groups in total. The molecule has 2 heterocycles. The van der Waals surface area contributed by atoms with Gasteiger partial charge in [0.25, 0.3) is 0 Å². The summed E-state index contributed by atoms with van der Waals surface area (Å²) in [6.45, 7) is 0. The molecule has 10 aromatic carbocycles. The van der Waals surface area contributed by atoms with Crippen LogP contribution in [0.15, 0.2) is 247 Å². The van der Waals surface area contributed by atoms with Crippen molar-refractivity contribution in [2.75, 3.05) is 9.80 Å². The van der Waals surface area contributed by atoms with Gasteiger partial charge in [0.05, 0.1) is 22.5 Å². The average Bonchev–Trinajstić information content (AvgIpc) is 3.91. The number of hydrogen-bond acceptors (Lipinski definition) is 3. The number of furan rings is 1. The van der Waals surface area contributed by atoms with Gasteiger partial charge in [0, 0.05) is 33.4 Å². The van der Waals surface area contributed by atoms with Crippen LogP contribution in [0, 0.1) is 0 Å². The van der Waals surface area contributed by atoms with E-state index in [0.717, 1.165) is 50.3 Å². The van der Waals surface area contributed by atoms with Gasteiger partial charge in [-0.05, 0) is 117 Å². The molecule has 1 aliphatic heterocycles. The monoisotopic (exact) mass is 816 g/mol. The third kappa shape index (κ3) is 5.28. The highest BCUT2D eigenvalue weighted by atomic mass is 16.3. The van der Waals surface area contributed by atoms with E-state index >= 15 is 0 Å². The summed E-state index contributed by atoms with van der Waals surface area (Å²) in [4.78, 5) is 4.78. The molecule has 0 radical (unpaired) electrons. The van der Waals surface area contributed by atoms with Crippen molar-refractivity contribution in [1.29, 1.82) is 0 Å². The van der Waals surface area contributed by atoms with Crippen LogP contribution in [-0.4, -0.2) is 0 Å². The Bertz CT molecular complexity index is 3540. The third-order valence-corrected chi connectivity index (χ3v) is 13.4. The number of rotatable bonds is 7. The van der Waals surface area contributed by atoms with Crippen molar-refractivity contribution < 1.29 is 4.42 Å². The Hall–Kier alpha value is -8.40. The SMILES string of the molecule is c1ccc(-c2ccc3c4c2-c2ccc(-c5ccc(N(c6ccccc6)c6cccc7c6oc6ccccc67)cc5)cc2C4(c2ccccc2)c2ccccc2N3c2ccccc2)cc1. The number of nitrogens with zero attached hydrogens (tertiary/aromatic N) is 2. The first-order chi connectivity index (χ1) is 31.8. The fourth-order valence-electron chi connectivity index (χ4n) is 10.8. The third-order valence-electron chi connectivity index (χ3n) is 13.4. The van der Waals surface area contributed by atoms with Gasteiger partial charge in [0.15, 0.2) is 5.58 Å². The van der Waals surface area contributed by atoms with E-state index < -0.39 is 5.41 Å². The molecule has 0 spiro atoms. The Morgan fingerprint density at radius 1 is 0.406 bits per heavy atom. The van der Waals surface area contributed by atoms with E-state index in [1.54, 1.807) is 0 Å². The molecule has 1 aromatic heterocycles. The summed E-state index contributed by atoms with van der Waals surface area (Å²) in [6, 6.07) is 88.2. The molecule has 0 fully saturated rings. The van der Waals surface area contributed by atoms with Crippen molar-refractivity contribution in [3.63, 3.8) is 0 Å². The summed E-state index contributed by atoms with van der Waals surface area (Å²) in [5.74, 6) is 0. The summed E-state index contributed by atoms with van der Waals surface area (Å²) in [7, 11) is 0. The number of para-hydroxylation sites is 5. The van der Waals surface area contributed by atoms with E-state index in [-0.39, 0.29) is 0 Å². The average molecular weight is 817 g/mol. The molecule has 0 amide bonds. The second kappa shape index (κ2) is 14.3. The fraction of sp³-hybridized carbons (Fsp3) is 0.0164. The lowest BCUT2D eigenvalue weighted by Crippen LogP contribution is -2.36. The fourth-order valence-corrected chi connectivity index (χ4v) is 10.8. The number of anilines is 6. The Kier molecular flexibility index (Phi) is 8.13. The zero-order chi connectivity index (χ0) is 42.2. The van der Waals surface area contributed by atoms with Crippen molar-refractivity contribution in [2.45, 2.75) is 5.41 Å². The normalized spacial score (nSPS) is 14.6. The minimum atomic E-state index is -0.584. The maximum Gasteiger partial charge on any atom is 0.159 e. The molecule has 0 bridgehead atoms. The molecular weight excluding hydrogens is 777 g/mol. The van der Waals surface area contributed by atoms with Gasteiger partial charge in [-0.2, -0.15) is 0 Å². The van der Waals surface area contributed by atoms with Crippen LogP contribution in [0.2, 0.25) is 0 Å². The molecule has 0 saturated carbocycles. The van der Waals surface area contributed by atoms with Crippen molar-refractivity contribution in [3.05, 3.63) is 265 Å². The molecule has 300 valence electrons. The van der Waals surface area contributed by atoms with Gasteiger partial charge in [0.2, 0.25) is 0 Å². The van der Waals surface area contributed by atoms with Crippen LogP contribution in [0.3, 0.4) is 0 Å². The van der Waals surface area contributed by atoms with E-state index in [4.69, 9.17) is 4.42 Å². The van der Waals surface area contributed by atoms with Crippen LogP contribution in [0.1, 0.15) is 22.3 Å². The lowest BCUT2D eigenvalue weighted by atomic mass is 9.64. The van der Waals surface area contributed by atoms with E-state index in [9.17, 15) is 0 Å². The van der Waals surface area contributed by atoms with Gasteiger partial charge in [0.1, 0.15) is 5.58 Å². The summed E-state index contributed by atoms with van der Waals surface area (Å²) < 4.78 is 6.60. The zero-order valence-corrected chi connectivity index (χ0v) is 34.9. The smallest absolute Gasteiger partial charge is 0.159 e. The standard InChI is InChI=1S/C61H40N2O/c1-5-18-42(19-6-1)48-38-39-55-59-58(48)51-37-34-43(40-53(51)61(59,44-20-7-2-8-21-44)52-28-14-15-29-54(52)63(55)46-24-11-4-12-25-46)41-32-35-47(36-33-41)62(45-22-9-3-10-23-45)56-30-17-27-50-49-26-13-16-31-57(49)64-60(50)56/h1-40H. The Morgan fingerprint density at radius 2 is 1.03 bits per heavy atom. The summed E-state index contributed by atoms with van der Waals surface area (Å²) >= 11 is 0. The predicted molar refractivity (Wildman–Crippen MR) is 265 cm³/mol. The van der Waals surface area contributed by atoms with Gasteiger partial charge >= 0.3 is 0 Å². The van der Waals surface area contributed by atoms with Crippen LogP contribution in [0.4, 0.5) is 34.1 Å². The highest BCUT2D eigenvalue weighted by Gasteiger charge is 2.53. The van der Waals surface area contributed by atoms with Crippen LogP contribution in [-0.2, 0) is 5.41 Å². The Morgan fingerprint density at radius 3 is 1.83 bits per heavy atom. The van der Waals surface area contributed by atoms with Crippen LogP contribution >= 0.6 is 0 Å². The maximum absolute atomic E-state index is 6.60. The molecular formula is C61H40N2O. The second-order valence-electron chi connectivity index (χ2n) is 16.8. The highest BCUT2D eigenvalue weighted by molar-refractivity contribution is 6.10. The molecule has 0 saturated heterocycles. The first kappa shape index (κ1) is 36.3. The predicted octanol–water partition coefficient (Wildman–Crippen LogP) is 16.5. The van der Waals surface area contributed by atoms with E-state index in [2.05, 4.69) is 240 Å². The molecule has 13 rings (SSSR count). The van der Waals surface area contributed by atoms with Crippen LogP contribution < -0.4 is 9.80 Å². The summed E-state index contributed by atoms with van der Waals surface area (Å²) in [5.41, 5.74) is 20.3. The van der Waals surface area contributed by atoms with Crippen LogP contribution in [0.25, 0.3) is 55.3 Å². The number of benzene rings is 10. The molecule has 64 heavy (non-hydrogen) atoms. The van der Waals surface area contributed by atoms with E-state index in [1.165, 1.54) is 61.4 Å². The molecule has 1 aliphatic carbocycles. The first-order valence-corrected chi connectivity index (χ1v) is 22.0. The minimum absolute atomic E-state index is 0.584. The van der Waals surface area contributed by atoms with Gasteiger partial charge in [-0.3, -0.25) is 0 Å². The maximum atomic E-state index is 6.60. The van der Waals surface area contributed by atoms with Gasteiger partial charge in [-0.15, -0.1) is 0 Å². The van der Waals surface area contributed by atoms with Crippen molar-refractivity contribution in [1.82, 2.24) is 0 Å². The summed E-state index contributed by atoms with van der Waals surface area (Å²) in [5, 5.41) is 2.22. The van der Waals surface area contributed by atoms with E-state index in [1.807, 2.05) is 12.1 Å². The largest absolute Gasteiger partial charge is 0.454 e. The molecule has 1 unspecified atom stereocenters. The Balaban J connectivity index is 1.02. The molecule has 2 aliphatic rings. The lowest BCUT2D eigenvalue weighted by molar-refractivity contribution is 0.669. The van der Waals surface area contributed by atoms with Crippen molar-refractivity contribution >= 4 is 56.1 Å². The zero-order valence-electron chi connectivity index (χ0n) is 34.9. The minimum Gasteiger partial charge on any atom is -0.454 e. The number of hydrogen-bond donors (Lipinski definition) is 0. The first-order valence-electron chi connectivity index (χ1n) is 22.0. The Labute approximate surface area is 372 Å². The molecule has 1 atom stereocenters. The molecule has 3 nitrogen and oxygen atoms in total. The molecule has 3 heteroatoms. The second-order valence-corrected chi connectivity index (χ2v) is 16.8. The van der Waals surface area contributed by atoms with Crippen molar-refractivity contribution in [3.8, 4) is 33.4 Å². The van der Waals surface area contributed by atoms with Crippen LogP contribution in [0.5, 0.6) is 0 Å².